The van der Waals surface area contributed by atoms with Crippen LogP contribution in [0.4, 0.5) is 0 Å². The summed E-state index contributed by atoms with van der Waals surface area (Å²) in [5, 5.41) is 10.5. The van der Waals surface area contributed by atoms with E-state index >= 15 is 0 Å². The zero-order chi connectivity index (χ0) is 15.6. The normalized spacial score (nSPS) is 26.5. The van der Waals surface area contributed by atoms with Crippen LogP contribution in [0.15, 0.2) is 10.6 Å². The molecule has 4 rings (SSSR count). The number of nitrogens with zero attached hydrogens (tertiary/aromatic N) is 2. The first kappa shape index (κ1) is 15.1. The molecular weight excluding hydrogens is 292 g/mol. The molecular formula is C17H26N4O2. The Hall–Kier alpha value is -1.40. The van der Waals surface area contributed by atoms with Crippen LogP contribution in [-0.4, -0.2) is 54.7 Å². The highest BCUT2D eigenvalue weighted by Gasteiger charge is 2.30. The summed E-state index contributed by atoms with van der Waals surface area (Å²) in [6.07, 6.45) is 5.89. The molecule has 6 heteroatoms. The SMILES string of the molecule is O=C(NC1CCN(CC2CCNCC2)C1)c1cc(C2CC2)on1. The molecule has 2 aliphatic heterocycles. The van der Waals surface area contributed by atoms with Crippen molar-refractivity contribution >= 4 is 5.91 Å². The van der Waals surface area contributed by atoms with Crippen molar-refractivity contribution in [3.05, 3.63) is 17.5 Å². The highest BCUT2D eigenvalue weighted by Crippen LogP contribution is 2.40. The molecule has 0 bridgehead atoms. The topological polar surface area (TPSA) is 70.4 Å². The number of piperidine rings is 1. The molecule has 1 amide bonds. The lowest BCUT2D eigenvalue weighted by Gasteiger charge is -2.27. The number of amides is 1. The van der Waals surface area contributed by atoms with Gasteiger partial charge in [-0.15, -0.1) is 0 Å². The minimum absolute atomic E-state index is 0.0885. The smallest absolute Gasteiger partial charge is 0.273 e. The van der Waals surface area contributed by atoms with Gasteiger partial charge in [0.15, 0.2) is 5.69 Å². The third-order valence-electron chi connectivity index (χ3n) is 5.32. The van der Waals surface area contributed by atoms with Crippen LogP contribution < -0.4 is 10.6 Å². The molecule has 0 spiro atoms. The molecule has 1 aromatic heterocycles. The fourth-order valence-corrected chi connectivity index (χ4v) is 3.76. The molecule has 3 heterocycles. The van der Waals surface area contributed by atoms with Crippen LogP contribution in [0.1, 0.15) is 54.3 Å². The number of hydrogen-bond acceptors (Lipinski definition) is 5. The molecule has 1 saturated carbocycles. The Morgan fingerprint density at radius 1 is 1.30 bits per heavy atom. The molecule has 6 nitrogen and oxygen atoms in total. The van der Waals surface area contributed by atoms with Gasteiger partial charge in [0.2, 0.25) is 0 Å². The first-order valence-electron chi connectivity index (χ1n) is 8.98. The van der Waals surface area contributed by atoms with Gasteiger partial charge >= 0.3 is 0 Å². The van der Waals surface area contributed by atoms with Gasteiger partial charge in [-0.3, -0.25) is 4.79 Å². The van der Waals surface area contributed by atoms with Gasteiger partial charge in [0.1, 0.15) is 5.76 Å². The van der Waals surface area contributed by atoms with Crippen molar-refractivity contribution in [2.24, 2.45) is 5.92 Å². The number of nitrogens with one attached hydrogen (secondary N) is 2. The minimum Gasteiger partial charge on any atom is -0.360 e. The molecule has 2 saturated heterocycles. The molecule has 0 aromatic carbocycles. The molecule has 1 unspecified atom stereocenters. The number of aromatic nitrogens is 1. The average Bonchev–Trinajstić information content (AvgIpc) is 3.13. The summed E-state index contributed by atoms with van der Waals surface area (Å²) in [6, 6.07) is 2.06. The molecule has 0 radical (unpaired) electrons. The summed E-state index contributed by atoms with van der Waals surface area (Å²) >= 11 is 0. The third kappa shape index (κ3) is 3.75. The average molecular weight is 318 g/mol. The van der Waals surface area contributed by atoms with Crippen molar-refractivity contribution in [3.8, 4) is 0 Å². The van der Waals surface area contributed by atoms with E-state index in [2.05, 4.69) is 20.7 Å². The second-order valence-electron chi connectivity index (χ2n) is 7.30. The maximum atomic E-state index is 12.3. The summed E-state index contributed by atoms with van der Waals surface area (Å²) in [6.45, 7) is 5.51. The molecule has 3 fully saturated rings. The molecule has 23 heavy (non-hydrogen) atoms. The van der Waals surface area contributed by atoms with Crippen molar-refractivity contribution in [2.75, 3.05) is 32.7 Å². The maximum Gasteiger partial charge on any atom is 0.273 e. The zero-order valence-electron chi connectivity index (χ0n) is 13.6. The van der Waals surface area contributed by atoms with E-state index in [0.717, 1.165) is 57.1 Å². The molecule has 1 aliphatic carbocycles. The van der Waals surface area contributed by atoms with Crippen molar-refractivity contribution in [1.82, 2.24) is 20.7 Å². The highest BCUT2D eigenvalue weighted by molar-refractivity contribution is 5.92. The van der Waals surface area contributed by atoms with Crippen LogP contribution in [0, 0.1) is 5.92 Å². The number of hydrogen-bond donors (Lipinski definition) is 2. The standard InChI is InChI=1S/C17H26N4O2/c22-17(15-9-16(23-20-15)13-1-2-13)19-14-5-8-21(11-14)10-12-3-6-18-7-4-12/h9,12-14,18H,1-8,10-11H2,(H,19,22). The lowest BCUT2D eigenvalue weighted by Crippen LogP contribution is -2.39. The third-order valence-corrected chi connectivity index (χ3v) is 5.32. The van der Waals surface area contributed by atoms with Crippen LogP contribution in [0.5, 0.6) is 0 Å². The molecule has 1 atom stereocenters. The lowest BCUT2D eigenvalue weighted by atomic mass is 9.98. The van der Waals surface area contributed by atoms with Crippen molar-refractivity contribution < 1.29 is 9.32 Å². The molecule has 126 valence electrons. The van der Waals surface area contributed by atoms with E-state index in [9.17, 15) is 4.79 Å². The number of carbonyl (C=O) groups excluding carboxylic acids is 1. The van der Waals surface area contributed by atoms with Gasteiger partial charge in [-0.05, 0) is 51.1 Å². The van der Waals surface area contributed by atoms with Gasteiger partial charge in [0.05, 0.1) is 0 Å². The fourth-order valence-electron chi connectivity index (χ4n) is 3.76. The molecule has 3 aliphatic rings. The van der Waals surface area contributed by atoms with Gasteiger partial charge in [-0.1, -0.05) is 5.16 Å². The van der Waals surface area contributed by atoms with E-state index < -0.39 is 0 Å². The van der Waals surface area contributed by atoms with E-state index in [0.29, 0.717) is 11.6 Å². The first-order valence-corrected chi connectivity index (χ1v) is 8.98. The fraction of sp³-hybridized carbons (Fsp3) is 0.765. The molecule has 1 aromatic rings. The lowest BCUT2D eigenvalue weighted by molar-refractivity contribution is 0.0928. The zero-order valence-corrected chi connectivity index (χ0v) is 13.6. The van der Waals surface area contributed by atoms with Crippen LogP contribution in [-0.2, 0) is 0 Å². The summed E-state index contributed by atoms with van der Waals surface area (Å²) in [5.74, 6) is 2.09. The predicted octanol–water partition coefficient (Wildman–Crippen LogP) is 1.36. The van der Waals surface area contributed by atoms with Gasteiger partial charge in [-0.2, -0.15) is 0 Å². The van der Waals surface area contributed by atoms with Crippen molar-refractivity contribution in [1.29, 1.82) is 0 Å². The Kier molecular flexibility index (Phi) is 4.35. The Morgan fingerprint density at radius 2 is 2.13 bits per heavy atom. The van der Waals surface area contributed by atoms with Crippen LogP contribution in [0.25, 0.3) is 0 Å². The summed E-state index contributed by atoms with van der Waals surface area (Å²) in [5.41, 5.74) is 0.434. The van der Waals surface area contributed by atoms with E-state index in [-0.39, 0.29) is 11.9 Å². The number of rotatable bonds is 5. The first-order chi connectivity index (χ1) is 11.3. The van der Waals surface area contributed by atoms with Gasteiger partial charge < -0.3 is 20.1 Å². The number of likely N-dealkylation sites (tertiary alicyclic amines) is 1. The van der Waals surface area contributed by atoms with Gasteiger partial charge in [0.25, 0.3) is 5.91 Å². The Morgan fingerprint density at radius 3 is 2.91 bits per heavy atom. The van der Waals surface area contributed by atoms with E-state index in [1.54, 1.807) is 0 Å². The minimum atomic E-state index is -0.0885. The van der Waals surface area contributed by atoms with E-state index in [1.165, 1.54) is 19.4 Å². The van der Waals surface area contributed by atoms with Crippen LogP contribution in [0.2, 0.25) is 0 Å². The van der Waals surface area contributed by atoms with E-state index in [1.807, 2.05) is 6.07 Å². The maximum absolute atomic E-state index is 12.3. The summed E-state index contributed by atoms with van der Waals surface area (Å²) in [4.78, 5) is 14.8. The van der Waals surface area contributed by atoms with Crippen molar-refractivity contribution in [3.63, 3.8) is 0 Å². The van der Waals surface area contributed by atoms with E-state index in [4.69, 9.17) is 4.52 Å². The highest BCUT2D eigenvalue weighted by atomic mass is 16.5. The number of carbonyl (C=O) groups is 1. The monoisotopic (exact) mass is 318 g/mol. The Balaban J connectivity index is 1.25. The van der Waals surface area contributed by atoms with Crippen LogP contribution >= 0.6 is 0 Å². The van der Waals surface area contributed by atoms with Crippen molar-refractivity contribution in [2.45, 2.75) is 44.1 Å². The van der Waals surface area contributed by atoms with Gasteiger partial charge in [-0.25, -0.2) is 0 Å². The second-order valence-corrected chi connectivity index (χ2v) is 7.30. The predicted molar refractivity (Wildman–Crippen MR) is 86.4 cm³/mol. The van der Waals surface area contributed by atoms with Crippen LogP contribution in [0.3, 0.4) is 0 Å². The second kappa shape index (κ2) is 6.61. The largest absolute Gasteiger partial charge is 0.360 e. The van der Waals surface area contributed by atoms with Gasteiger partial charge in [0, 0.05) is 37.7 Å². The Bertz CT molecular complexity index is 549. The molecule has 2 N–H and O–H groups in total. The quantitative estimate of drug-likeness (QED) is 0.858. The Labute approximate surface area is 137 Å². The summed E-state index contributed by atoms with van der Waals surface area (Å²) < 4.78 is 5.27. The summed E-state index contributed by atoms with van der Waals surface area (Å²) in [7, 11) is 0.